The number of hydrogen-bond acceptors (Lipinski definition) is 6. The van der Waals surface area contributed by atoms with Crippen molar-refractivity contribution in [3.8, 4) is 5.75 Å². The summed E-state index contributed by atoms with van der Waals surface area (Å²) in [5.41, 5.74) is -0.186. The smallest absolute Gasteiger partial charge is 0.229 e. The molecule has 2 aliphatic rings. The van der Waals surface area contributed by atoms with Gasteiger partial charge in [0.25, 0.3) is 0 Å². The van der Waals surface area contributed by atoms with E-state index in [1.54, 1.807) is 20.0 Å². The van der Waals surface area contributed by atoms with Gasteiger partial charge in [-0.15, -0.1) is 0 Å². The minimum atomic E-state index is -0.958. The summed E-state index contributed by atoms with van der Waals surface area (Å²) in [4.78, 5) is 25.1. The molecule has 2 N–H and O–H groups in total. The van der Waals surface area contributed by atoms with Crippen molar-refractivity contribution in [2.75, 3.05) is 11.9 Å². The molecule has 162 valence electrons. The fourth-order valence-corrected chi connectivity index (χ4v) is 4.03. The average molecular weight is 428 g/mol. The topological polar surface area (TPSA) is 97.2 Å². The van der Waals surface area contributed by atoms with E-state index in [1.165, 1.54) is 30.4 Å². The van der Waals surface area contributed by atoms with Crippen molar-refractivity contribution in [1.82, 2.24) is 15.0 Å². The van der Waals surface area contributed by atoms with Crippen molar-refractivity contribution in [2.45, 2.75) is 26.4 Å². The van der Waals surface area contributed by atoms with Crippen LogP contribution in [0.4, 0.5) is 14.6 Å². The van der Waals surface area contributed by atoms with Crippen LogP contribution in [-0.4, -0.2) is 38.7 Å². The molecule has 2 heterocycles. The number of aromatic nitrogens is 3. The summed E-state index contributed by atoms with van der Waals surface area (Å²) >= 11 is 0. The van der Waals surface area contributed by atoms with Crippen LogP contribution < -0.4 is 10.1 Å². The van der Waals surface area contributed by atoms with Crippen molar-refractivity contribution in [3.63, 3.8) is 0 Å². The lowest BCUT2D eigenvalue weighted by atomic mass is 9.80. The number of aliphatic hydroxyl groups is 1. The molecule has 0 radical (unpaired) electrons. The third kappa shape index (κ3) is 4.32. The van der Waals surface area contributed by atoms with Crippen LogP contribution in [0.25, 0.3) is 0 Å². The number of amides is 1. The number of pyridine rings is 1. The summed E-state index contributed by atoms with van der Waals surface area (Å²) in [5.74, 6) is -1.27. The third-order valence-electron chi connectivity index (χ3n) is 5.79. The molecule has 4 atom stereocenters. The summed E-state index contributed by atoms with van der Waals surface area (Å²) in [6, 6.07) is 2.55. The van der Waals surface area contributed by atoms with Gasteiger partial charge in [-0.2, -0.15) is 0 Å². The molecule has 0 aliphatic heterocycles. The van der Waals surface area contributed by atoms with Crippen LogP contribution in [0.1, 0.15) is 17.9 Å². The number of aliphatic hydroxyl groups excluding tert-OH is 1. The molecule has 2 aromatic heterocycles. The lowest BCUT2D eigenvalue weighted by Crippen LogP contribution is -2.36. The molecule has 0 spiro atoms. The van der Waals surface area contributed by atoms with Crippen molar-refractivity contribution in [1.29, 1.82) is 0 Å². The Morgan fingerprint density at radius 1 is 1.29 bits per heavy atom. The SMILES string of the molecule is Cc1ncc(OC[C@@]2(C3C=C(F)C=CC3O)C[C@H]2C(=O)Nc2ccc(F)cn2)c(C)n1. The fourth-order valence-electron chi connectivity index (χ4n) is 4.03. The number of aryl methyl sites for hydroxylation is 2. The predicted molar refractivity (Wildman–Crippen MR) is 108 cm³/mol. The summed E-state index contributed by atoms with van der Waals surface area (Å²) in [7, 11) is 0. The van der Waals surface area contributed by atoms with Gasteiger partial charge in [-0.25, -0.2) is 23.7 Å². The van der Waals surface area contributed by atoms with Crippen LogP contribution >= 0.6 is 0 Å². The highest BCUT2D eigenvalue weighted by atomic mass is 19.1. The number of nitrogens with zero attached hydrogens (tertiary/aromatic N) is 3. The Kier molecular flexibility index (Phi) is 5.53. The summed E-state index contributed by atoms with van der Waals surface area (Å²) in [6.45, 7) is 3.61. The first-order chi connectivity index (χ1) is 14.8. The fraction of sp³-hybridized carbons (Fsp3) is 0.364. The van der Waals surface area contributed by atoms with Crippen LogP contribution in [0.5, 0.6) is 5.75 Å². The van der Waals surface area contributed by atoms with E-state index in [4.69, 9.17) is 4.74 Å². The molecule has 9 heteroatoms. The normalized spacial score (nSPS) is 26.9. The van der Waals surface area contributed by atoms with E-state index >= 15 is 0 Å². The molecule has 0 saturated heterocycles. The number of anilines is 1. The van der Waals surface area contributed by atoms with Gasteiger partial charge in [-0.05, 0) is 44.6 Å². The van der Waals surface area contributed by atoms with Crippen molar-refractivity contribution < 1.29 is 23.4 Å². The first kappa shape index (κ1) is 21.0. The minimum Gasteiger partial charge on any atom is -0.489 e. The molecule has 1 saturated carbocycles. The number of carbonyl (C=O) groups is 1. The van der Waals surface area contributed by atoms with Gasteiger partial charge in [0.05, 0.1) is 30.8 Å². The van der Waals surface area contributed by atoms with Gasteiger partial charge in [-0.3, -0.25) is 4.79 Å². The lowest BCUT2D eigenvalue weighted by Gasteiger charge is -2.30. The molecule has 1 amide bonds. The molecule has 4 rings (SSSR count). The first-order valence-corrected chi connectivity index (χ1v) is 9.87. The van der Waals surface area contributed by atoms with E-state index in [2.05, 4.69) is 20.3 Å². The van der Waals surface area contributed by atoms with Crippen molar-refractivity contribution >= 4 is 11.7 Å². The van der Waals surface area contributed by atoms with Crippen LogP contribution in [0, 0.1) is 36.9 Å². The van der Waals surface area contributed by atoms with Gasteiger partial charge in [0.2, 0.25) is 5.91 Å². The third-order valence-corrected chi connectivity index (χ3v) is 5.79. The number of allylic oxidation sites excluding steroid dienone is 2. The first-order valence-electron chi connectivity index (χ1n) is 9.87. The monoisotopic (exact) mass is 428 g/mol. The summed E-state index contributed by atoms with van der Waals surface area (Å²) < 4.78 is 33.0. The zero-order chi connectivity index (χ0) is 22.2. The van der Waals surface area contributed by atoms with Crippen LogP contribution in [-0.2, 0) is 4.79 Å². The largest absolute Gasteiger partial charge is 0.489 e. The maximum atomic E-state index is 14.0. The zero-order valence-corrected chi connectivity index (χ0v) is 17.0. The molecular formula is C22H22F2N4O3. The van der Waals surface area contributed by atoms with E-state index in [1.807, 2.05) is 0 Å². The molecule has 2 aromatic rings. The number of halogens is 2. The Hall–Kier alpha value is -3.20. The Labute approximate surface area is 177 Å². The van der Waals surface area contributed by atoms with Gasteiger partial charge in [-0.1, -0.05) is 6.08 Å². The molecule has 31 heavy (non-hydrogen) atoms. The highest BCUT2D eigenvalue weighted by Gasteiger charge is 2.64. The van der Waals surface area contributed by atoms with Gasteiger partial charge in [0, 0.05) is 17.3 Å². The van der Waals surface area contributed by atoms with E-state index in [9.17, 15) is 18.7 Å². The number of hydrogen-bond donors (Lipinski definition) is 2. The summed E-state index contributed by atoms with van der Waals surface area (Å²) in [6.07, 6.45) is 5.89. The van der Waals surface area contributed by atoms with Crippen LogP contribution in [0.2, 0.25) is 0 Å². The van der Waals surface area contributed by atoms with Crippen molar-refractivity contribution in [2.24, 2.45) is 17.3 Å². The van der Waals surface area contributed by atoms with Gasteiger partial charge in [0.15, 0.2) is 5.75 Å². The van der Waals surface area contributed by atoms with E-state index in [-0.39, 0.29) is 18.3 Å². The molecule has 2 aliphatic carbocycles. The Morgan fingerprint density at radius 3 is 2.81 bits per heavy atom. The second kappa shape index (κ2) is 8.14. The number of rotatable bonds is 6. The van der Waals surface area contributed by atoms with E-state index in [0.29, 0.717) is 23.7 Å². The second-order valence-corrected chi connectivity index (χ2v) is 7.92. The summed E-state index contributed by atoms with van der Waals surface area (Å²) in [5, 5.41) is 13.2. The lowest BCUT2D eigenvalue weighted by molar-refractivity contribution is -0.118. The maximum absolute atomic E-state index is 14.0. The molecule has 7 nitrogen and oxygen atoms in total. The molecular weight excluding hydrogens is 406 g/mol. The second-order valence-electron chi connectivity index (χ2n) is 7.92. The van der Waals surface area contributed by atoms with Crippen LogP contribution in [0.3, 0.4) is 0 Å². The van der Waals surface area contributed by atoms with E-state index < -0.39 is 35.0 Å². The quantitative estimate of drug-likeness (QED) is 0.734. The Bertz CT molecular complexity index is 1060. The van der Waals surface area contributed by atoms with Gasteiger partial charge in [0.1, 0.15) is 23.3 Å². The number of ether oxygens (including phenoxy) is 1. The Balaban J connectivity index is 1.56. The van der Waals surface area contributed by atoms with Gasteiger partial charge >= 0.3 is 0 Å². The van der Waals surface area contributed by atoms with Crippen molar-refractivity contribution in [3.05, 3.63) is 65.9 Å². The highest BCUT2D eigenvalue weighted by molar-refractivity contribution is 5.94. The maximum Gasteiger partial charge on any atom is 0.229 e. The Morgan fingerprint density at radius 2 is 2.10 bits per heavy atom. The van der Waals surface area contributed by atoms with Gasteiger partial charge < -0.3 is 15.2 Å². The molecule has 0 aromatic carbocycles. The van der Waals surface area contributed by atoms with Crippen LogP contribution in [0.15, 0.2) is 48.6 Å². The zero-order valence-electron chi connectivity index (χ0n) is 17.0. The molecule has 1 fully saturated rings. The standard InChI is InChI=1S/C22H22F2N4O3/c1-12-19(10-25-13(2)27-12)31-11-22(16-7-14(23)3-5-18(16)29)8-17(22)21(30)28-20-6-4-15(24)9-26-20/h3-7,9-10,16-18,29H,8,11H2,1-2H3,(H,26,28,30)/t16?,17-,18?,22+/m0/s1. The number of carbonyl (C=O) groups excluding carboxylic acids is 1. The minimum absolute atomic E-state index is 0.0640. The predicted octanol–water partition coefficient (Wildman–Crippen LogP) is 3.05. The number of nitrogens with one attached hydrogen (secondary N) is 1. The molecule has 0 bridgehead atoms. The molecule has 2 unspecified atom stereocenters. The average Bonchev–Trinajstić information content (AvgIpc) is 3.47. The van der Waals surface area contributed by atoms with E-state index in [0.717, 1.165) is 6.20 Å². The highest BCUT2D eigenvalue weighted by Crippen LogP contribution is 2.60.